The van der Waals surface area contributed by atoms with Gasteiger partial charge in [-0.05, 0) is 37.3 Å². The highest BCUT2D eigenvalue weighted by molar-refractivity contribution is 6.35. The van der Waals surface area contributed by atoms with E-state index in [0.29, 0.717) is 22.4 Å². The zero-order chi connectivity index (χ0) is 12.2. The van der Waals surface area contributed by atoms with E-state index in [9.17, 15) is 9.18 Å². The van der Waals surface area contributed by atoms with E-state index in [1.54, 1.807) is 13.0 Å². The third kappa shape index (κ3) is 1.65. The van der Waals surface area contributed by atoms with Crippen LogP contribution in [0.15, 0.2) is 16.9 Å². The van der Waals surface area contributed by atoms with Gasteiger partial charge in [0.25, 0.3) is 0 Å². The highest BCUT2D eigenvalue weighted by atomic mass is 35.5. The summed E-state index contributed by atoms with van der Waals surface area (Å²) >= 11 is 5.99. The van der Waals surface area contributed by atoms with E-state index in [4.69, 9.17) is 11.6 Å². The maximum Gasteiger partial charge on any atom is 0.190 e. The van der Waals surface area contributed by atoms with Crippen LogP contribution in [0.1, 0.15) is 30.0 Å². The molecule has 1 fully saturated rings. The number of benzene rings is 1. The highest BCUT2D eigenvalue weighted by Gasteiger charge is 2.25. The fraction of sp³-hybridized carbons (Fsp3) is 0.308. The van der Waals surface area contributed by atoms with Gasteiger partial charge in [0.1, 0.15) is 5.82 Å². The van der Waals surface area contributed by atoms with Crippen molar-refractivity contribution in [2.24, 2.45) is 0 Å². The number of hydrogen-bond donors (Lipinski definition) is 1. The lowest BCUT2D eigenvalue weighted by molar-refractivity contribution is 0.621. The molecule has 2 aromatic rings. The molecular weight excluding hydrogens is 241 g/mol. The molecule has 0 saturated heterocycles. The average Bonchev–Trinajstić information content (AvgIpc) is 3.09. The number of H-pyrrole nitrogens is 1. The topological polar surface area (TPSA) is 32.9 Å². The molecule has 1 aliphatic carbocycles. The largest absolute Gasteiger partial charge is 0.357 e. The minimum Gasteiger partial charge on any atom is -0.357 e. The fourth-order valence-corrected chi connectivity index (χ4v) is 2.39. The predicted molar refractivity (Wildman–Crippen MR) is 66.2 cm³/mol. The van der Waals surface area contributed by atoms with Gasteiger partial charge in [0.2, 0.25) is 0 Å². The van der Waals surface area contributed by atoms with Gasteiger partial charge in [-0.25, -0.2) is 4.39 Å². The molecule has 4 heteroatoms. The van der Waals surface area contributed by atoms with Crippen LogP contribution in [0.4, 0.5) is 4.39 Å². The summed E-state index contributed by atoms with van der Waals surface area (Å²) in [7, 11) is 0. The summed E-state index contributed by atoms with van der Waals surface area (Å²) < 4.78 is 13.5. The first-order chi connectivity index (χ1) is 8.08. The van der Waals surface area contributed by atoms with Gasteiger partial charge < -0.3 is 4.98 Å². The number of nitrogens with one attached hydrogen (secondary N) is 1. The summed E-state index contributed by atoms with van der Waals surface area (Å²) in [5, 5.41) is 0.627. The van der Waals surface area contributed by atoms with Crippen LogP contribution in [0.3, 0.4) is 0 Å². The number of aryl methyl sites for hydroxylation is 1. The Hall–Kier alpha value is -1.35. The number of pyridine rings is 1. The van der Waals surface area contributed by atoms with Crippen LogP contribution >= 0.6 is 11.6 Å². The zero-order valence-corrected chi connectivity index (χ0v) is 10.1. The minimum atomic E-state index is -0.438. The molecule has 17 heavy (non-hydrogen) atoms. The smallest absolute Gasteiger partial charge is 0.190 e. The number of aromatic nitrogens is 1. The van der Waals surface area contributed by atoms with Crippen LogP contribution in [-0.2, 0) is 0 Å². The average molecular weight is 252 g/mol. The Bertz CT molecular complexity index is 673. The van der Waals surface area contributed by atoms with E-state index in [0.717, 1.165) is 18.5 Å². The first kappa shape index (κ1) is 10.8. The lowest BCUT2D eigenvalue weighted by Gasteiger charge is -2.08. The lowest BCUT2D eigenvalue weighted by atomic mass is 10.1. The molecule has 0 radical (unpaired) electrons. The summed E-state index contributed by atoms with van der Waals surface area (Å²) in [6.45, 7) is 1.60. The molecule has 1 aromatic heterocycles. The Morgan fingerprint density at radius 2 is 2.12 bits per heavy atom. The molecular formula is C13H11ClFNO. The summed E-state index contributed by atoms with van der Waals surface area (Å²) in [5.41, 5.74) is 1.67. The van der Waals surface area contributed by atoms with E-state index in [-0.39, 0.29) is 10.5 Å². The van der Waals surface area contributed by atoms with Crippen LogP contribution in [0.25, 0.3) is 10.9 Å². The highest BCUT2D eigenvalue weighted by Crippen LogP contribution is 2.39. The Balaban J connectivity index is 2.42. The van der Waals surface area contributed by atoms with E-state index < -0.39 is 5.82 Å². The second kappa shape index (κ2) is 3.57. The number of fused-ring (bicyclic) bond motifs is 1. The van der Waals surface area contributed by atoms with Crippen molar-refractivity contribution in [2.75, 3.05) is 0 Å². The summed E-state index contributed by atoms with van der Waals surface area (Å²) in [6, 6.07) is 2.83. The number of hydrogen-bond acceptors (Lipinski definition) is 1. The van der Waals surface area contributed by atoms with E-state index >= 15 is 0 Å². The molecule has 1 saturated carbocycles. The van der Waals surface area contributed by atoms with Gasteiger partial charge >= 0.3 is 0 Å². The van der Waals surface area contributed by atoms with Crippen molar-refractivity contribution >= 4 is 22.5 Å². The molecule has 2 nitrogen and oxygen atoms in total. The number of halogens is 2. The van der Waals surface area contributed by atoms with Gasteiger partial charge in [0.15, 0.2) is 5.43 Å². The van der Waals surface area contributed by atoms with Crippen molar-refractivity contribution in [3.05, 3.63) is 44.5 Å². The fourth-order valence-electron chi connectivity index (χ4n) is 2.16. The molecule has 0 bridgehead atoms. The van der Waals surface area contributed by atoms with Crippen LogP contribution in [0.2, 0.25) is 5.02 Å². The maximum absolute atomic E-state index is 13.5. The first-order valence-electron chi connectivity index (χ1n) is 5.59. The van der Waals surface area contributed by atoms with Crippen LogP contribution in [0, 0.1) is 12.7 Å². The number of aromatic amines is 1. The lowest BCUT2D eigenvalue weighted by Crippen LogP contribution is -2.07. The SMILES string of the molecule is Cc1c(F)cc(Cl)c2[nH]c(C3CC3)cc(=O)c12. The molecule has 88 valence electrons. The summed E-state index contributed by atoms with van der Waals surface area (Å²) in [4.78, 5) is 15.2. The van der Waals surface area contributed by atoms with Gasteiger partial charge in [0, 0.05) is 11.8 Å². The van der Waals surface area contributed by atoms with Crippen molar-refractivity contribution in [1.29, 1.82) is 0 Å². The predicted octanol–water partition coefficient (Wildman–Crippen LogP) is 3.51. The number of rotatable bonds is 1. The maximum atomic E-state index is 13.5. The molecule has 1 aliphatic rings. The van der Waals surface area contributed by atoms with Crippen LogP contribution in [-0.4, -0.2) is 4.98 Å². The molecule has 3 rings (SSSR count). The second-order valence-corrected chi connectivity index (χ2v) is 4.99. The monoisotopic (exact) mass is 251 g/mol. The van der Waals surface area contributed by atoms with E-state index in [1.165, 1.54) is 6.07 Å². The zero-order valence-electron chi connectivity index (χ0n) is 9.31. The van der Waals surface area contributed by atoms with Crippen molar-refractivity contribution in [3.8, 4) is 0 Å². The molecule has 1 N–H and O–H groups in total. The third-order valence-electron chi connectivity index (χ3n) is 3.30. The van der Waals surface area contributed by atoms with Gasteiger partial charge in [-0.1, -0.05) is 11.6 Å². The molecule has 0 unspecified atom stereocenters. The van der Waals surface area contributed by atoms with E-state index in [1.807, 2.05) is 0 Å². The first-order valence-corrected chi connectivity index (χ1v) is 5.97. The summed E-state index contributed by atoms with van der Waals surface area (Å²) in [6.07, 6.45) is 2.19. The Morgan fingerprint density at radius 3 is 2.76 bits per heavy atom. The van der Waals surface area contributed by atoms with Crippen LogP contribution < -0.4 is 5.43 Å². The summed E-state index contributed by atoms with van der Waals surface area (Å²) in [5.74, 6) is 0.000646. The third-order valence-corrected chi connectivity index (χ3v) is 3.59. The van der Waals surface area contributed by atoms with E-state index in [2.05, 4.69) is 4.98 Å². The van der Waals surface area contributed by atoms with Gasteiger partial charge in [-0.2, -0.15) is 0 Å². The Morgan fingerprint density at radius 1 is 1.41 bits per heavy atom. The van der Waals surface area contributed by atoms with Gasteiger partial charge in [-0.15, -0.1) is 0 Å². The van der Waals surface area contributed by atoms with Gasteiger partial charge in [-0.3, -0.25) is 4.79 Å². The minimum absolute atomic E-state index is 0.153. The quantitative estimate of drug-likeness (QED) is 0.827. The van der Waals surface area contributed by atoms with Gasteiger partial charge in [0.05, 0.1) is 15.9 Å². The normalized spacial score (nSPS) is 15.5. The van der Waals surface area contributed by atoms with Crippen molar-refractivity contribution < 1.29 is 4.39 Å². The Labute approximate surface area is 102 Å². The molecule has 0 aliphatic heterocycles. The van der Waals surface area contributed by atoms with Crippen molar-refractivity contribution in [1.82, 2.24) is 4.98 Å². The molecule has 0 spiro atoms. The molecule has 0 atom stereocenters. The second-order valence-electron chi connectivity index (χ2n) is 4.58. The van der Waals surface area contributed by atoms with Crippen molar-refractivity contribution in [3.63, 3.8) is 0 Å². The van der Waals surface area contributed by atoms with Crippen molar-refractivity contribution in [2.45, 2.75) is 25.7 Å². The standard InChI is InChI=1S/C13H11ClFNO/c1-6-9(15)4-8(14)13-12(6)11(17)5-10(16-13)7-2-3-7/h4-5,7H,2-3H2,1H3,(H,16,17). The Kier molecular flexibility index (Phi) is 2.26. The molecule has 1 heterocycles. The molecule has 1 aromatic carbocycles. The van der Waals surface area contributed by atoms with Crippen LogP contribution in [0.5, 0.6) is 0 Å². The molecule has 0 amide bonds.